The number of nitrogens with zero attached hydrogens (tertiary/aromatic N) is 1. The second-order valence-electron chi connectivity index (χ2n) is 5.45. The molecule has 0 bridgehead atoms. The molecule has 100 valence electrons. The zero-order valence-electron chi connectivity index (χ0n) is 12.0. The van der Waals surface area contributed by atoms with Gasteiger partial charge in [0.25, 0.3) is 0 Å². The van der Waals surface area contributed by atoms with Crippen molar-refractivity contribution in [1.29, 1.82) is 0 Å². The van der Waals surface area contributed by atoms with E-state index in [-0.39, 0.29) is 0 Å². The molecule has 2 heterocycles. The summed E-state index contributed by atoms with van der Waals surface area (Å²) in [4.78, 5) is 0. The Bertz CT molecular complexity index is 940. The zero-order chi connectivity index (χ0) is 14.2. The quantitative estimate of drug-likeness (QED) is 0.353. The van der Waals surface area contributed by atoms with Gasteiger partial charge in [-0.25, -0.2) is 0 Å². The molecule has 0 saturated carbocycles. The van der Waals surface area contributed by atoms with Crippen LogP contribution in [-0.2, 0) is 0 Å². The molecule has 1 nitrogen and oxygen atoms in total. The maximum Gasteiger partial charge on any atom is 0.219 e. The van der Waals surface area contributed by atoms with Gasteiger partial charge in [-0.05, 0) is 24.6 Å². The van der Waals surface area contributed by atoms with Gasteiger partial charge in [-0.3, -0.25) is 0 Å². The van der Waals surface area contributed by atoms with Crippen LogP contribution < -0.4 is 4.40 Å². The second-order valence-corrected chi connectivity index (χ2v) is 5.45. The van der Waals surface area contributed by atoms with Crippen molar-refractivity contribution in [2.75, 3.05) is 0 Å². The monoisotopic (exact) mass is 270 g/mol. The van der Waals surface area contributed by atoms with Gasteiger partial charge in [-0.1, -0.05) is 48.0 Å². The summed E-state index contributed by atoms with van der Waals surface area (Å²) in [5, 5.41) is 2.58. The smallest absolute Gasteiger partial charge is 0.166 e. The SMILES string of the molecule is Cc1ccc2c[n+]3ccccc3c(-c3ccccc3)c2c1. The Morgan fingerprint density at radius 2 is 1.62 bits per heavy atom. The summed E-state index contributed by atoms with van der Waals surface area (Å²) in [7, 11) is 0. The van der Waals surface area contributed by atoms with Crippen molar-refractivity contribution in [1.82, 2.24) is 0 Å². The lowest BCUT2D eigenvalue weighted by Crippen LogP contribution is -2.21. The number of hydrogen-bond acceptors (Lipinski definition) is 0. The van der Waals surface area contributed by atoms with E-state index in [1.807, 2.05) is 0 Å². The van der Waals surface area contributed by atoms with Crippen LogP contribution in [0.4, 0.5) is 0 Å². The maximum atomic E-state index is 2.28. The van der Waals surface area contributed by atoms with E-state index in [0.29, 0.717) is 0 Å². The molecule has 0 aliphatic carbocycles. The van der Waals surface area contributed by atoms with Gasteiger partial charge in [0, 0.05) is 22.9 Å². The highest BCUT2D eigenvalue weighted by atomic mass is 14.8. The number of hydrogen-bond donors (Lipinski definition) is 0. The van der Waals surface area contributed by atoms with Crippen molar-refractivity contribution >= 4 is 16.3 Å². The highest BCUT2D eigenvalue weighted by molar-refractivity contribution is 6.01. The Kier molecular flexibility index (Phi) is 2.71. The molecule has 4 rings (SSSR count). The zero-order valence-corrected chi connectivity index (χ0v) is 12.0. The molecule has 0 atom stereocenters. The Labute approximate surface area is 124 Å². The second kappa shape index (κ2) is 4.71. The predicted octanol–water partition coefficient (Wildman–Crippen LogP) is 4.55. The first kappa shape index (κ1) is 12.1. The van der Waals surface area contributed by atoms with Gasteiger partial charge in [0.1, 0.15) is 0 Å². The number of benzene rings is 2. The molecule has 0 radical (unpaired) electrons. The molecule has 2 aromatic carbocycles. The average Bonchev–Trinajstić information content (AvgIpc) is 2.53. The fourth-order valence-electron chi connectivity index (χ4n) is 2.98. The summed E-state index contributed by atoms with van der Waals surface area (Å²) >= 11 is 0. The minimum atomic E-state index is 1.24. The molecule has 0 aliphatic rings. The summed E-state index contributed by atoms with van der Waals surface area (Å²) in [5.74, 6) is 0. The Balaban J connectivity index is 2.24. The summed E-state index contributed by atoms with van der Waals surface area (Å²) < 4.78 is 2.21. The van der Waals surface area contributed by atoms with Crippen LogP contribution in [0.2, 0.25) is 0 Å². The van der Waals surface area contributed by atoms with Gasteiger partial charge >= 0.3 is 0 Å². The van der Waals surface area contributed by atoms with Gasteiger partial charge in [0.05, 0.1) is 5.56 Å². The van der Waals surface area contributed by atoms with Gasteiger partial charge in [-0.15, -0.1) is 0 Å². The third-order valence-electron chi connectivity index (χ3n) is 3.96. The molecular formula is C20H16N+. The van der Waals surface area contributed by atoms with Crippen LogP contribution in [0.15, 0.2) is 79.1 Å². The van der Waals surface area contributed by atoms with Crippen molar-refractivity contribution in [3.63, 3.8) is 0 Å². The summed E-state index contributed by atoms with van der Waals surface area (Å²) in [6.45, 7) is 2.15. The lowest BCUT2D eigenvalue weighted by molar-refractivity contribution is -0.509. The van der Waals surface area contributed by atoms with Crippen molar-refractivity contribution in [3.8, 4) is 11.1 Å². The number of aromatic nitrogens is 1. The van der Waals surface area contributed by atoms with E-state index in [4.69, 9.17) is 0 Å². The number of pyridine rings is 2. The molecule has 2 aromatic heterocycles. The van der Waals surface area contributed by atoms with Crippen molar-refractivity contribution < 1.29 is 4.40 Å². The Hall–Kier alpha value is -2.67. The molecule has 0 N–H and O–H groups in total. The fraction of sp³-hybridized carbons (Fsp3) is 0.0500. The summed E-state index contributed by atoms with van der Waals surface area (Å²) in [5.41, 5.74) is 5.09. The van der Waals surface area contributed by atoms with Crippen LogP contribution in [0.25, 0.3) is 27.4 Å². The standard InChI is InChI=1S/C20H16N/c1-15-10-11-17-14-21-12-6-5-9-19(21)20(18(17)13-15)16-7-3-2-4-8-16/h2-14H,1H3/q+1. The van der Waals surface area contributed by atoms with E-state index in [0.717, 1.165) is 0 Å². The normalized spacial score (nSPS) is 11.1. The lowest BCUT2D eigenvalue weighted by atomic mass is 9.97. The highest BCUT2D eigenvalue weighted by Crippen LogP contribution is 2.31. The van der Waals surface area contributed by atoms with E-state index >= 15 is 0 Å². The summed E-state index contributed by atoms with van der Waals surface area (Å²) in [6, 6.07) is 23.7. The van der Waals surface area contributed by atoms with Crippen LogP contribution in [0.5, 0.6) is 0 Å². The van der Waals surface area contributed by atoms with Gasteiger partial charge in [0.15, 0.2) is 12.4 Å². The first-order valence-electron chi connectivity index (χ1n) is 7.22. The number of rotatable bonds is 1. The molecule has 0 spiro atoms. The van der Waals surface area contributed by atoms with Crippen LogP contribution in [-0.4, -0.2) is 0 Å². The van der Waals surface area contributed by atoms with Gasteiger partial charge in [0.2, 0.25) is 5.52 Å². The largest absolute Gasteiger partial charge is 0.219 e. The third kappa shape index (κ3) is 1.98. The Morgan fingerprint density at radius 3 is 2.48 bits per heavy atom. The van der Waals surface area contributed by atoms with Crippen LogP contribution in [0, 0.1) is 6.92 Å². The van der Waals surface area contributed by atoms with E-state index in [1.165, 1.54) is 33.0 Å². The third-order valence-corrected chi connectivity index (χ3v) is 3.96. The van der Waals surface area contributed by atoms with Crippen LogP contribution in [0.1, 0.15) is 5.56 Å². The summed E-state index contributed by atoms with van der Waals surface area (Å²) in [6.07, 6.45) is 4.32. The first-order chi connectivity index (χ1) is 10.3. The molecule has 0 aliphatic heterocycles. The topological polar surface area (TPSA) is 4.10 Å². The molecule has 4 aromatic rings. The molecule has 21 heavy (non-hydrogen) atoms. The molecule has 1 heteroatoms. The minimum absolute atomic E-state index is 1.24. The maximum absolute atomic E-state index is 2.28. The average molecular weight is 270 g/mol. The molecular weight excluding hydrogens is 254 g/mol. The van der Waals surface area contributed by atoms with Crippen molar-refractivity contribution in [2.24, 2.45) is 0 Å². The molecule has 0 saturated heterocycles. The van der Waals surface area contributed by atoms with Crippen LogP contribution >= 0.6 is 0 Å². The van der Waals surface area contributed by atoms with Gasteiger partial charge in [-0.2, -0.15) is 4.40 Å². The van der Waals surface area contributed by atoms with Gasteiger partial charge < -0.3 is 0 Å². The number of fused-ring (bicyclic) bond motifs is 2. The van der Waals surface area contributed by atoms with E-state index in [9.17, 15) is 0 Å². The Morgan fingerprint density at radius 1 is 0.810 bits per heavy atom. The van der Waals surface area contributed by atoms with E-state index < -0.39 is 0 Å². The fourth-order valence-corrected chi connectivity index (χ4v) is 2.98. The van der Waals surface area contributed by atoms with Crippen LogP contribution in [0.3, 0.4) is 0 Å². The van der Waals surface area contributed by atoms with Crippen molar-refractivity contribution in [3.05, 3.63) is 84.7 Å². The molecule has 0 fully saturated rings. The number of aryl methyl sites for hydroxylation is 1. The van der Waals surface area contributed by atoms with Crippen molar-refractivity contribution in [2.45, 2.75) is 6.92 Å². The highest BCUT2D eigenvalue weighted by Gasteiger charge is 2.15. The lowest BCUT2D eigenvalue weighted by Gasteiger charge is -2.08. The van der Waals surface area contributed by atoms with E-state index in [1.54, 1.807) is 0 Å². The first-order valence-corrected chi connectivity index (χ1v) is 7.22. The molecule has 0 unspecified atom stereocenters. The minimum Gasteiger partial charge on any atom is -0.166 e. The predicted molar refractivity (Wildman–Crippen MR) is 87.3 cm³/mol. The van der Waals surface area contributed by atoms with E-state index in [2.05, 4.69) is 90.4 Å². The molecule has 0 amide bonds.